The number of benzene rings is 1. The minimum Gasteiger partial charge on any atom is -0.497 e. The van der Waals surface area contributed by atoms with Crippen molar-refractivity contribution in [1.29, 1.82) is 0 Å². The number of ether oxygens (including phenoxy) is 1. The van der Waals surface area contributed by atoms with Crippen LogP contribution in [0.5, 0.6) is 5.75 Å². The summed E-state index contributed by atoms with van der Waals surface area (Å²) in [6, 6.07) is 7.00. The molecule has 0 spiro atoms. The Morgan fingerprint density at radius 1 is 1.18 bits per heavy atom. The lowest BCUT2D eigenvalue weighted by Crippen LogP contribution is -1.96. The van der Waals surface area contributed by atoms with Crippen LogP contribution in [0.1, 0.15) is 0 Å². The number of pyridine rings is 1. The second kappa shape index (κ2) is 4.78. The van der Waals surface area contributed by atoms with Crippen molar-refractivity contribution in [3.8, 4) is 5.75 Å². The highest BCUT2D eigenvalue weighted by atomic mass is 19.1. The van der Waals surface area contributed by atoms with Gasteiger partial charge in [-0.05, 0) is 18.2 Å². The topological polar surface area (TPSA) is 34.1 Å². The molecule has 1 heterocycles. The van der Waals surface area contributed by atoms with Crippen molar-refractivity contribution in [3.05, 3.63) is 48.3 Å². The Balaban J connectivity index is 2.29. The highest BCUT2D eigenvalue weighted by Gasteiger charge is 2.05. The van der Waals surface area contributed by atoms with Gasteiger partial charge in [0.1, 0.15) is 11.6 Å². The molecule has 2 aromatic rings. The molecule has 2 rings (SSSR count). The standard InChI is InChI=1S/C12H10F2N2O/c1-17-9-2-3-10(13)11(7-9)16-8-4-5-15-12(14)6-8/h2-7H,1H3,(H,15,16). The van der Waals surface area contributed by atoms with Crippen LogP contribution in [0.2, 0.25) is 0 Å². The van der Waals surface area contributed by atoms with Gasteiger partial charge in [-0.2, -0.15) is 4.39 Å². The highest BCUT2D eigenvalue weighted by Crippen LogP contribution is 2.24. The zero-order valence-electron chi connectivity index (χ0n) is 9.08. The van der Waals surface area contributed by atoms with Crippen LogP contribution in [0.4, 0.5) is 20.2 Å². The summed E-state index contributed by atoms with van der Waals surface area (Å²) in [4.78, 5) is 3.41. The van der Waals surface area contributed by atoms with E-state index in [-0.39, 0.29) is 5.69 Å². The molecule has 0 saturated heterocycles. The number of halogens is 2. The maximum absolute atomic E-state index is 13.5. The number of methoxy groups -OCH3 is 1. The number of hydrogen-bond acceptors (Lipinski definition) is 3. The van der Waals surface area contributed by atoms with Crippen LogP contribution in [0.25, 0.3) is 0 Å². The molecule has 0 aliphatic rings. The number of anilines is 2. The fourth-order valence-corrected chi connectivity index (χ4v) is 1.36. The lowest BCUT2D eigenvalue weighted by Gasteiger charge is -2.09. The molecule has 0 bridgehead atoms. The van der Waals surface area contributed by atoms with Crippen molar-refractivity contribution in [2.24, 2.45) is 0 Å². The summed E-state index contributed by atoms with van der Waals surface area (Å²) in [6.45, 7) is 0. The van der Waals surface area contributed by atoms with Crippen LogP contribution in [-0.2, 0) is 0 Å². The van der Waals surface area contributed by atoms with Crippen LogP contribution in [-0.4, -0.2) is 12.1 Å². The first kappa shape index (κ1) is 11.3. The lowest BCUT2D eigenvalue weighted by atomic mass is 10.2. The van der Waals surface area contributed by atoms with Crippen LogP contribution in [0.15, 0.2) is 36.5 Å². The normalized spacial score (nSPS) is 10.1. The van der Waals surface area contributed by atoms with Gasteiger partial charge in [-0.15, -0.1) is 0 Å². The molecule has 0 unspecified atom stereocenters. The largest absolute Gasteiger partial charge is 0.497 e. The maximum atomic E-state index is 13.5. The lowest BCUT2D eigenvalue weighted by molar-refractivity contribution is 0.414. The minimum absolute atomic E-state index is 0.218. The first-order valence-corrected chi connectivity index (χ1v) is 4.91. The zero-order chi connectivity index (χ0) is 12.3. The Hall–Kier alpha value is -2.17. The number of hydrogen-bond donors (Lipinski definition) is 1. The van der Waals surface area contributed by atoms with E-state index in [2.05, 4.69) is 10.3 Å². The summed E-state index contributed by atoms with van der Waals surface area (Å²) >= 11 is 0. The van der Waals surface area contributed by atoms with E-state index in [0.29, 0.717) is 11.4 Å². The number of rotatable bonds is 3. The van der Waals surface area contributed by atoms with Crippen LogP contribution in [0.3, 0.4) is 0 Å². The van der Waals surface area contributed by atoms with Gasteiger partial charge < -0.3 is 10.1 Å². The Bertz CT molecular complexity index is 532. The van der Waals surface area contributed by atoms with E-state index in [4.69, 9.17) is 4.74 Å². The average Bonchev–Trinajstić information content (AvgIpc) is 2.32. The van der Waals surface area contributed by atoms with E-state index >= 15 is 0 Å². The van der Waals surface area contributed by atoms with E-state index in [1.165, 1.54) is 37.6 Å². The van der Waals surface area contributed by atoms with Gasteiger partial charge >= 0.3 is 0 Å². The molecule has 17 heavy (non-hydrogen) atoms. The third kappa shape index (κ3) is 2.69. The quantitative estimate of drug-likeness (QED) is 0.831. The molecule has 3 nitrogen and oxygen atoms in total. The van der Waals surface area contributed by atoms with Gasteiger partial charge in [-0.25, -0.2) is 9.37 Å². The monoisotopic (exact) mass is 236 g/mol. The molecular formula is C12H10F2N2O. The van der Waals surface area contributed by atoms with Crippen molar-refractivity contribution in [2.75, 3.05) is 12.4 Å². The number of aromatic nitrogens is 1. The van der Waals surface area contributed by atoms with Crippen LogP contribution < -0.4 is 10.1 Å². The molecular weight excluding hydrogens is 226 g/mol. The van der Waals surface area contributed by atoms with Crippen molar-refractivity contribution in [1.82, 2.24) is 4.98 Å². The Morgan fingerprint density at radius 3 is 2.71 bits per heavy atom. The van der Waals surface area contributed by atoms with Gasteiger partial charge in [-0.1, -0.05) is 0 Å². The molecule has 88 valence electrons. The minimum atomic E-state index is -0.627. The molecule has 1 aromatic heterocycles. The van der Waals surface area contributed by atoms with E-state index in [1.807, 2.05) is 0 Å². The molecule has 0 aliphatic heterocycles. The molecule has 1 N–H and O–H groups in total. The van der Waals surface area contributed by atoms with E-state index in [0.717, 1.165) is 0 Å². The SMILES string of the molecule is COc1ccc(F)c(Nc2ccnc(F)c2)c1. The van der Waals surface area contributed by atoms with Gasteiger partial charge in [-0.3, -0.25) is 0 Å². The molecule has 0 amide bonds. The number of nitrogens with zero attached hydrogens (tertiary/aromatic N) is 1. The van der Waals surface area contributed by atoms with Gasteiger partial charge in [0.2, 0.25) is 5.95 Å². The summed E-state index contributed by atoms with van der Waals surface area (Å²) in [5, 5.41) is 2.75. The number of nitrogens with one attached hydrogen (secondary N) is 1. The summed E-state index contributed by atoms with van der Waals surface area (Å²) in [5.41, 5.74) is 0.639. The first-order valence-electron chi connectivity index (χ1n) is 4.91. The van der Waals surface area contributed by atoms with E-state index < -0.39 is 11.8 Å². The van der Waals surface area contributed by atoms with Gasteiger partial charge in [0.25, 0.3) is 0 Å². The second-order valence-corrected chi connectivity index (χ2v) is 3.34. The molecule has 0 saturated carbocycles. The Kier molecular flexibility index (Phi) is 3.18. The molecule has 0 aliphatic carbocycles. The fraction of sp³-hybridized carbons (Fsp3) is 0.0833. The smallest absolute Gasteiger partial charge is 0.214 e. The van der Waals surface area contributed by atoms with Crippen molar-refractivity contribution in [2.45, 2.75) is 0 Å². The summed E-state index contributed by atoms with van der Waals surface area (Å²) in [7, 11) is 1.49. The van der Waals surface area contributed by atoms with Gasteiger partial charge in [0, 0.05) is 24.0 Å². The van der Waals surface area contributed by atoms with Gasteiger partial charge in [0.05, 0.1) is 12.8 Å². The summed E-state index contributed by atoms with van der Waals surface area (Å²) in [5.74, 6) is -0.551. The predicted octanol–water partition coefficient (Wildman–Crippen LogP) is 3.11. The molecule has 0 fully saturated rings. The molecule has 0 radical (unpaired) electrons. The Morgan fingerprint density at radius 2 is 2.00 bits per heavy atom. The van der Waals surface area contributed by atoms with Crippen LogP contribution >= 0.6 is 0 Å². The third-order valence-corrected chi connectivity index (χ3v) is 2.18. The van der Waals surface area contributed by atoms with Crippen molar-refractivity contribution >= 4 is 11.4 Å². The maximum Gasteiger partial charge on any atom is 0.214 e. The zero-order valence-corrected chi connectivity index (χ0v) is 9.08. The van der Waals surface area contributed by atoms with Crippen molar-refractivity contribution < 1.29 is 13.5 Å². The molecule has 1 aromatic carbocycles. The predicted molar refractivity (Wildman–Crippen MR) is 60.4 cm³/mol. The van der Waals surface area contributed by atoms with Crippen LogP contribution in [0, 0.1) is 11.8 Å². The first-order chi connectivity index (χ1) is 8.19. The van der Waals surface area contributed by atoms with E-state index in [9.17, 15) is 8.78 Å². The second-order valence-electron chi connectivity index (χ2n) is 3.34. The average molecular weight is 236 g/mol. The summed E-state index contributed by atoms with van der Waals surface area (Å²) < 4.78 is 31.3. The molecule has 0 atom stereocenters. The van der Waals surface area contributed by atoms with E-state index in [1.54, 1.807) is 6.07 Å². The van der Waals surface area contributed by atoms with Crippen molar-refractivity contribution in [3.63, 3.8) is 0 Å². The Labute approximate surface area is 97.1 Å². The summed E-state index contributed by atoms with van der Waals surface area (Å²) in [6.07, 6.45) is 1.30. The third-order valence-electron chi connectivity index (χ3n) is 2.18. The molecule has 5 heteroatoms. The van der Waals surface area contributed by atoms with Gasteiger partial charge in [0.15, 0.2) is 0 Å². The highest BCUT2D eigenvalue weighted by molar-refractivity contribution is 5.61. The fourth-order valence-electron chi connectivity index (χ4n) is 1.36.